The number of hydrogen-bond donors (Lipinski definition) is 2. The Hall–Kier alpha value is -1.49. The van der Waals surface area contributed by atoms with E-state index >= 15 is 0 Å². The van der Waals surface area contributed by atoms with E-state index in [-0.39, 0.29) is 18.1 Å². The van der Waals surface area contributed by atoms with E-state index in [4.69, 9.17) is 5.73 Å². The second-order valence-electron chi connectivity index (χ2n) is 4.44. The zero-order chi connectivity index (χ0) is 11.7. The van der Waals surface area contributed by atoms with Gasteiger partial charge in [-0.2, -0.15) is 0 Å². The predicted octanol–water partition coefficient (Wildman–Crippen LogP) is 0.770. The molecular formula is C11H18N4O. The molecule has 0 aromatic carbocycles. The summed E-state index contributed by atoms with van der Waals surface area (Å²) in [5.74, 6) is 0. The SMILES string of the molecule is CC(N)CN1CC(c2cc[nH]c2)N(C)C1=O. The van der Waals surface area contributed by atoms with Crippen molar-refractivity contribution in [2.45, 2.75) is 19.0 Å². The number of aromatic nitrogens is 1. The molecule has 2 heterocycles. The maximum atomic E-state index is 11.9. The summed E-state index contributed by atoms with van der Waals surface area (Å²) in [6.07, 6.45) is 3.81. The minimum atomic E-state index is 0.0160. The number of nitrogens with two attached hydrogens (primary N) is 1. The largest absolute Gasteiger partial charge is 0.367 e. The number of carbonyl (C=O) groups is 1. The standard InChI is InChI=1S/C11H18N4O/c1-8(12)6-15-7-10(14(2)11(15)16)9-3-4-13-5-9/h3-5,8,10,13H,6-7,12H2,1-2H3. The monoisotopic (exact) mass is 222 g/mol. The average molecular weight is 222 g/mol. The number of nitrogens with one attached hydrogen (secondary N) is 1. The van der Waals surface area contributed by atoms with E-state index < -0.39 is 0 Å². The number of nitrogens with zero attached hydrogens (tertiary/aromatic N) is 2. The van der Waals surface area contributed by atoms with Gasteiger partial charge in [0.2, 0.25) is 0 Å². The third-order valence-corrected chi connectivity index (χ3v) is 2.95. The lowest BCUT2D eigenvalue weighted by Crippen LogP contribution is -2.38. The molecule has 1 aliphatic heterocycles. The van der Waals surface area contributed by atoms with Crippen molar-refractivity contribution in [1.82, 2.24) is 14.8 Å². The number of carbonyl (C=O) groups excluding carboxylic acids is 1. The molecule has 2 rings (SSSR count). The highest BCUT2D eigenvalue weighted by Gasteiger charge is 2.35. The molecule has 2 unspecified atom stereocenters. The molecule has 1 saturated heterocycles. The maximum Gasteiger partial charge on any atom is 0.320 e. The topological polar surface area (TPSA) is 65.4 Å². The quantitative estimate of drug-likeness (QED) is 0.793. The first-order valence-electron chi connectivity index (χ1n) is 5.49. The first kappa shape index (κ1) is 11.0. The van der Waals surface area contributed by atoms with Crippen molar-refractivity contribution < 1.29 is 4.79 Å². The smallest absolute Gasteiger partial charge is 0.320 e. The van der Waals surface area contributed by atoms with Gasteiger partial charge in [-0.25, -0.2) is 4.79 Å². The van der Waals surface area contributed by atoms with Crippen LogP contribution in [-0.4, -0.2) is 47.0 Å². The van der Waals surface area contributed by atoms with Crippen molar-refractivity contribution in [1.29, 1.82) is 0 Å². The Balaban J connectivity index is 2.11. The normalized spacial score (nSPS) is 22.9. The zero-order valence-electron chi connectivity index (χ0n) is 9.68. The van der Waals surface area contributed by atoms with Gasteiger partial charge in [0.05, 0.1) is 6.04 Å². The third-order valence-electron chi connectivity index (χ3n) is 2.95. The molecule has 16 heavy (non-hydrogen) atoms. The summed E-state index contributed by atoms with van der Waals surface area (Å²) in [6.45, 7) is 3.25. The van der Waals surface area contributed by atoms with E-state index in [0.717, 1.165) is 5.56 Å². The summed E-state index contributed by atoms with van der Waals surface area (Å²) in [7, 11) is 1.83. The number of urea groups is 1. The molecule has 5 nitrogen and oxygen atoms in total. The van der Waals surface area contributed by atoms with Gasteiger partial charge in [0.15, 0.2) is 0 Å². The van der Waals surface area contributed by atoms with Crippen molar-refractivity contribution >= 4 is 6.03 Å². The van der Waals surface area contributed by atoms with Gasteiger partial charge < -0.3 is 20.5 Å². The lowest BCUT2D eigenvalue weighted by Gasteiger charge is -2.17. The Labute approximate surface area is 95.2 Å². The van der Waals surface area contributed by atoms with Crippen LogP contribution in [0, 0.1) is 0 Å². The average Bonchev–Trinajstić information content (AvgIpc) is 2.81. The van der Waals surface area contributed by atoms with Gasteiger partial charge in [0, 0.05) is 38.6 Å². The molecule has 0 radical (unpaired) electrons. The van der Waals surface area contributed by atoms with Crippen molar-refractivity contribution in [3.05, 3.63) is 24.0 Å². The van der Waals surface area contributed by atoms with Gasteiger partial charge in [-0.1, -0.05) is 0 Å². The molecular weight excluding hydrogens is 204 g/mol. The summed E-state index contributed by atoms with van der Waals surface area (Å²) in [4.78, 5) is 18.5. The zero-order valence-corrected chi connectivity index (χ0v) is 9.68. The molecule has 5 heteroatoms. The Kier molecular flexibility index (Phi) is 2.87. The summed E-state index contributed by atoms with van der Waals surface area (Å²) >= 11 is 0. The van der Waals surface area contributed by atoms with E-state index in [1.54, 1.807) is 4.90 Å². The van der Waals surface area contributed by atoms with Gasteiger partial charge in [-0.15, -0.1) is 0 Å². The number of H-pyrrole nitrogens is 1. The Morgan fingerprint density at radius 3 is 3.00 bits per heavy atom. The Morgan fingerprint density at radius 1 is 1.69 bits per heavy atom. The molecule has 0 saturated carbocycles. The van der Waals surface area contributed by atoms with Gasteiger partial charge >= 0.3 is 6.03 Å². The Bertz CT molecular complexity index is 360. The minimum absolute atomic E-state index is 0.0160. The van der Waals surface area contributed by atoms with Crippen LogP contribution in [0.3, 0.4) is 0 Å². The molecule has 0 aliphatic carbocycles. The van der Waals surface area contributed by atoms with Gasteiger partial charge in [-0.05, 0) is 18.6 Å². The highest BCUT2D eigenvalue weighted by atomic mass is 16.2. The Morgan fingerprint density at radius 2 is 2.44 bits per heavy atom. The van der Waals surface area contributed by atoms with Crippen LogP contribution in [-0.2, 0) is 0 Å². The fraction of sp³-hybridized carbons (Fsp3) is 0.545. The summed E-state index contributed by atoms with van der Waals surface area (Å²) in [6, 6.07) is 2.22. The van der Waals surface area contributed by atoms with Crippen molar-refractivity contribution in [3.63, 3.8) is 0 Å². The lowest BCUT2D eigenvalue weighted by atomic mass is 10.1. The van der Waals surface area contributed by atoms with Crippen LogP contribution in [0.25, 0.3) is 0 Å². The van der Waals surface area contributed by atoms with E-state index in [1.807, 2.05) is 37.3 Å². The fourth-order valence-electron chi connectivity index (χ4n) is 2.14. The highest BCUT2D eigenvalue weighted by molar-refractivity contribution is 5.77. The van der Waals surface area contributed by atoms with E-state index in [1.165, 1.54) is 0 Å². The van der Waals surface area contributed by atoms with Crippen LogP contribution in [0.5, 0.6) is 0 Å². The molecule has 1 aromatic rings. The molecule has 1 aliphatic rings. The number of amides is 2. The molecule has 2 atom stereocenters. The molecule has 3 N–H and O–H groups in total. The summed E-state index contributed by atoms with van der Waals surface area (Å²) in [5, 5.41) is 0. The summed E-state index contributed by atoms with van der Waals surface area (Å²) in [5.41, 5.74) is 6.87. The molecule has 2 amide bonds. The van der Waals surface area contributed by atoms with Crippen LogP contribution in [0.15, 0.2) is 18.5 Å². The third kappa shape index (κ3) is 1.90. The van der Waals surface area contributed by atoms with Crippen LogP contribution in [0.4, 0.5) is 4.79 Å². The number of rotatable bonds is 3. The fourth-order valence-corrected chi connectivity index (χ4v) is 2.14. The van der Waals surface area contributed by atoms with Crippen molar-refractivity contribution in [3.8, 4) is 0 Å². The second kappa shape index (κ2) is 4.17. The maximum absolute atomic E-state index is 11.9. The highest BCUT2D eigenvalue weighted by Crippen LogP contribution is 2.27. The first-order chi connectivity index (χ1) is 7.59. The van der Waals surface area contributed by atoms with E-state index in [2.05, 4.69) is 4.98 Å². The number of aromatic amines is 1. The van der Waals surface area contributed by atoms with Crippen molar-refractivity contribution in [2.24, 2.45) is 5.73 Å². The van der Waals surface area contributed by atoms with E-state index in [0.29, 0.717) is 13.1 Å². The molecule has 88 valence electrons. The minimum Gasteiger partial charge on any atom is -0.367 e. The van der Waals surface area contributed by atoms with E-state index in [9.17, 15) is 4.79 Å². The predicted molar refractivity (Wildman–Crippen MR) is 61.9 cm³/mol. The molecule has 0 spiro atoms. The molecule has 0 bridgehead atoms. The van der Waals surface area contributed by atoms with Crippen LogP contribution in [0.2, 0.25) is 0 Å². The first-order valence-corrected chi connectivity index (χ1v) is 5.49. The lowest BCUT2D eigenvalue weighted by molar-refractivity contribution is 0.194. The molecule has 1 aromatic heterocycles. The summed E-state index contributed by atoms with van der Waals surface area (Å²) < 4.78 is 0. The van der Waals surface area contributed by atoms with Crippen LogP contribution < -0.4 is 5.73 Å². The van der Waals surface area contributed by atoms with Crippen molar-refractivity contribution in [2.75, 3.05) is 20.1 Å². The second-order valence-corrected chi connectivity index (χ2v) is 4.44. The van der Waals surface area contributed by atoms with Gasteiger partial charge in [-0.3, -0.25) is 0 Å². The van der Waals surface area contributed by atoms with Crippen LogP contribution >= 0.6 is 0 Å². The molecule has 1 fully saturated rings. The van der Waals surface area contributed by atoms with Crippen LogP contribution in [0.1, 0.15) is 18.5 Å². The van der Waals surface area contributed by atoms with Gasteiger partial charge in [0.1, 0.15) is 0 Å². The number of hydrogen-bond acceptors (Lipinski definition) is 2. The number of likely N-dealkylation sites (N-methyl/N-ethyl adjacent to an activating group) is 1. The van der Waals surface area contributed by atoms with Gasteiger partial charge in [0.25, 0.3) is 0 Å².